The van der Waals surface area contributed by atoms with Gasteiger partial charge in [0.25, 0.3) is 5.91 Å². The summed E-state index contributed by atoms with van der Waals surface area (Å²) in [6.45, 7) is 4.89. The topological polar surface area (TPSA) is 52.9 Å². The maximum absolute atomic E-state index is 13.3. The number of amides is 1. The molecule has 1 amide bonds. The number of imidazole rings is 1. The van der Waals surface area contributed by atoms with Crippen molar-refractivity contribution < 1.29 is 4.79 Å². The fraction of sp³-hybridized carbons (Fsp3) is 0.364. The monoisotopic (exact) mass is 439 g/mol. The summed E-state index contributed by atoms with van der Waals surface area (Å²) in [6, 6.07) is 10.7. The summed E-state index contributed by atoms with van der Waals surface area (Å²) in [6.07, 6.45) is 3.01. The first-order valence-corrected chi connectivity index (χ1v) is 12.0. The van der Waals surface area contributed by atoms with E-state index in [2.05, 4.69) is 52.0 Å². The summed E-state index contributed by atoms with van der Waals surface area (Å²) in [5.74, 6) is 0.0554. The number of thiophene rings is 1. The molecule has 156 valence electrons. The number of carbonyl (C=O) groups is 1. The Kier molecular flexibility index (Phi) is 5.56. The first-order valence-electron chi connectivity index (χ1n) is 10.3. The quantitative estimate of drug-likeness (QED) is 0.515. The van der Waals surface area contributed by atoms with Crippen molar-refractivity contribution in [1.29, 1.82) is 0 Å². The molecule has 6 nitrogen and oxygen atoms in total. The first kappa shape index (κ1) is 19.7. The van der Waals surface area contributed by atoms with Gasteiger partial charge in [0.05, 0.1) is 5.69 Å². The Morgan fingerprint density at radius 1 is 1.17 bits per heavy atom. The van der Waals surface area contributed by atoms with Gasteiger partial charge >= 0.3 is 0 Å². The number of aromatic nitrogens is 2. The molecule has 8 heteroatoms. The van der Waals surface area contributed by atoms with E-state index in [4.69, 9.17) is 4.98 Å². The zero-order valence-electron chi connectivity index (χ0n) is 17.0. The van der Waals surface area contributed by atoms with Gasteiger partial charge in [-0.3, -0.25) is 9.20 Å². The molecule has 1 N–H and O–H groups in total. The van der Waals surface area contributed by atoms with Gasteiger partial charge in [0, 0.05) is 53.9 Å². The number of hydrogen-bond acceptors (Lipinski definition) is 6. The normalized spacial score (nSPS) is 15.8. The van der Waals surface area contributed by atoms with E-state index in [-0.39, 0.29) is 5.91 Å². The summed E-state index contributed by atoms with van der Waals surface area (Å²) >= 11 is 3.38. The van der Waals surface area contributed by atoms with Crippen LogP contribution in [0.5, 0.6) is 0 Å². The van der Waals surface area contributed by atoms with Crippen LogP contribution in [-0.2, 0) is 13.1 Å². The maximum atomic E-state index is 13.3. The molecular weight excluding hydrogens is 414 g/mol. The lowest BCUT2D eigenvalue weighted by Gasteiger charge is -2.20. The highest BCUT2D eigenvalue weighted by Gasteiger charge is 2.25. The fourth-order valence-electron chi connectivity index (χ4n) is 4.00. The van der Waals surface area contributed by atoms with Crippen molar-refractivity contribution >= 4 is 43.6 Å². The van der Waals surface area contributed by atoms with Crippen LogP contribution in [0.1, 0.15) is 27.5 Å². The lowest BCUT2D eigenvalue weighted by atomic mass is 10.2. The summed E-state index contributed by atoms with van der Waals surface area (Å²) in [5, 5.41) is 6.84. The van der Waals surface area contributed by atoms with Crippen LogP contribution in [0.25, 0.3) is 15.0 Å². The van der Waals surface area contributed by atoms with Gasteiger partial charge < -0.3 is 15.1 Å². The fourth-order valence-corrected chi connectivity index (χ4v) is 5.77. The van der Waals surface area contributed by atoms with Gasteiger partial charge in [-0.2, -0.15) is 0 Å². The summed E-state index contributed by atoms with van der Waals surface area (Å²) in [7, 11) is 2.12. The van der Waals surface area contributed by atoms with E-state index >= 15 is 0 Å². The Bertz CT molecular complexity index is 1140. The number of likely N-dealkylation sites (N-methyl/N-ethyl adjacent to an activating group) is 1. The third-order valence-electron chi connectivity index (χ3n) is 5.64. The van der Waals surface area contributed by atoms with Crippen molar-refractivity contribution in [2.45, 2.75) is 19.5 Å². The largest absolute Gasteiger partial charge is 0.336 e. The molecule has 0 atom stereocenters. The SMILES string of the molecule is CN1CCCN(C(=O)c2nc3sccn3c2CNCc2cc3ccccc3s2)CC1. The van der Waals surface area contributed by atoms with Gasteiger partial charge in [0.1, 0.15) is 0 Å². The number of nitrogens with one attached hydrogen (secondary N) is 1. The van der Waals surface area contributed by atoms with Crippen LogP contribution in [0, 0.1) is 0 Å². The highest BCUT2D eigenvalue weighted by molar-refractivity contribution is 7.19. The third kappa shape index (κ3) is 3.88. The molecule has 5 rings (SSSR count). The molecule has 1 aliphatic rings. The molecular formula is C22H25N5OS2. The average Bonchev–Trinajstić information content (AvgIpc) is 3.40. The minimum atomic E-state index is 0.0554. The third-order valence-corrected chi connectivity index (χ3v) is 7.51. The van der Waals surface area contributed by atoms with E-state index < -0.39 is 0 Å². The lowest BCUT2D eigenvalue weighted by molar-refractivity contribution is 0.0756. The van der Waals surface area contributed by atoms with E-state index in [0.29, 0.717) is 12.2 Å². The summed E-state index contributed by atoms with van der Waals surface area (Å²) in [4.78, 5) is 24.4. The Balaban J connectivity index is 1.34. The number of rotatable bonds is 5. The Labute approximate surface area is 183 Å². The zero-order chi connectivity index (χ0) is 20.5. The molecule has 4 aromatic rings. The van der Waals surface area contributed by atoms with Crippen LogP contribution in [-0.4, -0.2) is 58.3 Å². The van der Waals surface area contributed by atoms with Gasteiger partial charge in [-0.15, -0.1) is 22.7 Å². The van der Waals surface area contributed by atoms with E-state index in [1.165, 1.54) is 15.0 Å². The molecule has 0 radical (unpaired) electrons. The minimum absolute atomic E-state index is 0.0554. The predicted octanol–water partition coefficient (Wildman–Crippen LogP) is 3.68. The molecule has 0 unspecified atom stereocenters. The molecule has 0 bridgehead atoms. The average molecular weight is 440 g/mol. The second kappa shape index (κ2) is 8.47. The van der Waals surface area contributed by atoms with Crippen LogP contribution < -0.4 is 5.32 Å². The molecule has 3 aromatic heterocycles. The number of fused-ring (bicyclic) bond motifs is 2. The van der Waals surface area contributed by atoms with Crippen molar-refractivity contribution in [3.05, 3.63) is 58.2 Å². The van der Waals surface area contributed by atoms with Crippen molar-refractivity contribution in [1.82, 2.24) is 24.5 Å². The van der Waals surface area contributed by atoms with Gasteiger partial charge in [-0.25, -0.2) is 4.98 Å². The van der Waals surface area contributed by atoms with Crippen molar-refractivity contribution in [3.8, 4) is 0 Å². The van der Waals surface area contributed by atoms with Gasteiger partial charge in [0.2, 0.25) is 0 Å². The molecule has 1 fully saturated rings. The predicted molar refractivity (Wildman–Crippen MR) is 123 cm³/mol. The summed E-state index contributed by atoms with van der Waals surface area (Å²) in [5.41, 5.74) is 1.55. The number of carbonyl (C=O) groups excluding carboxylic acids is 1. The van der Waals surface area contributed by atoms with Crippen molar-refractivity contribution in [3.63, 3.8) is 0 Å². The number of thiazole rings is 1. The Morgan fingerprint density at radius 3 is 2.97 bits per heavy atom. The molecule has 1 saturated heterocycles. The molecule has 4 heterocycles. The van der Waals surface area contributed by atoms with E-state index in [1.807, 2.05) is 27.8 Å². The lowest BCUT2D eigenvalue weighted by Crippen LogP contribution is -2.35. The van der Waals surface area contributed by atoms with E-state index in [1.54, 1.807) is 11.3 Å². The van der Waals surface area contributed by atoms with Gasteiger partial charge in [-0.1, -0.05) is 18.2 Å². The van der Waals surface area contributed by atoms with Crippen LogP contribution in [0.4, 0.5) is 0 Å². The minimum Gasteiger partial charge on any atom is -0.336 e. The summed E-state index contributed by atoms with van der Waals surface area (Å²) < 4.78 is 3.36. The van der Waals surface area contributed by atoms with Gasteiger partial charge in [0.15, 0.2) is 10.7 Å². The van der Waals surface area contributed by atoms with Crippen molar-refractivity contribution in [2.24, 2.45) is 0 Å². The van der Waals surface area contributed by atoms with E-state index in [9.17, 15) is 4.79 Å². The highest BCUT2D eigenvalue weighted by Crippen LogP contribution is 2.25. The van der Waals surface area contributed by atoms with Gasteiger partial charge in [-0.05, 0) is 37.5 Å². The standard InChI is InChI=1S/C22H25N5OS2/c1-25-7-4-8-26(10-9-25)21(28)20-18(27-11-12-29-22(27)24-20)15-23-14-17-13-16-5-2-3-6-19(16)30-17/h2-3,5-6,11-13,23H,4,7-10,14-15H2,1H3. The molecule has 1 aromatic carbocycles. The number of benzene rings is 1. The second-order valence-corrected chi connectivity index (χ2v) is 9.81. The Hall–Kier alpha value is -2.26. The molecule has 0 spiro atoms. The van der Waals surface area contributed by atoms with Crippen molar-refractivity contribution in [2.75, 3.05) is 33.2 Å². The maximum Gasteiger partial charge on any atom is 0.274 e. The van der Waals surface area contributed by atoms with Crippen LogP contribution in [0.2, 0.25) is 0 Å². The first-order chi connectivity index (χ1) is 14.7. The van der Waals surface area contributed by atoms with Crippen LogP contribution in [0.3, 0.4) is 0 Å². The molecule has 0 aliphatic carbocycles. The molecule has 0 saturated carbocycles. The second-order valence-electron chi connectivity index (χ2n) is 7.77. The molecule has 30 heavy (non-hydrogen) atoms. The van der Waals surface area contributed by atoms with Crippen LogP contribution in [0.15, 0.2) is 41.9 Å². The Morgan fingerprint density at radius 2 is 2.07 bits per heavy atom. The number of hydrogen-bond donors (Lipinski definition) is 1. The van der Waals surface area contributed by atoms with E-state index in [0.717, 1.165) is 49.8 Å². The van der Waals surface area contributed by atoms with Crippen LogP contribution >= 0.6 is 22.7 Å². The molecule has 1 aliphatic heterocycles. The highest BCUT2D eigenvalue weighted by atomic mass is 32.1. The number of nitrogens with zero attached hydrogens (tertiary/aromatic N) is 4. The zero-order valence-corrected chi connectivity index (χ0v) is 18.6. The smallest absolute Gasteiger partial charge is 0.274 e.